The smallest absolute Gasteiger partial charge is 0.243 e. The molecule has 0 atom stereocenters. The van der Waals surface area contributed by atoms with Gasteiger partial charge in [-0.05, 0) is 48.9 Å². The van der Waals surface area contributed by atoms with E-state index in [1.165, 1.54) is 21.9 Å². The van der Waals surface area contributed by atoms with Gasteiger partial charge in [0.2, 0.25) is 10.0 Å². The highest BCUT2D eigenvalue weighted by Crippen LogP contribution is 2.25. The van der Waals surface area contributed by atoms with Gasteiger partial charge in [0.15, 0.2) is 0 Å². The Morgan fingerprint density at radius 2 is 2.00 bits per heavy atom. The number of H-pyrrole nitrogens is 1. The number of fused-ring (bicyclic) bond motifs is 1. The van der Waals surface area contributed by atoms with Crippen LogP contribution in [0.2, 0.25) is 0 Å². The van der Waals surface area contributed by atoms with Crippen molar-refractivity contribution < 1.29 is 8.42 Å². The average Bonchev–Trinajstić information content (AvgIpc) is 2.99. The first-order valence-electron chi connectivity index (χ1n) is 7.14. The van der Waals surface area contributed by atoms with Gasteiger partial charge in [-0.25, -0.2) is 13.4 Å². The van der Waals surface area contributed by atoms with Crippen molar-refractivity contribution in [2.75, 3.05) is 7.05 Å². The summed E-state index contributed by atoms with van der Waals surface area (Å²) in [5.74, 6) is 0.638. The number of rotatable bonds is 4. The van der Waals surface area contributed by atoms with Crippen molar-refractivity contribution in [2.24, 2.45) is 0 Å². The number of benzene rings is 1. The second kappa shape index (κ2) is 5.61. The van der Waals surface area contributed by atoms with Crippen LogP contribution >= 0.6 is 0 Å². The van der Waals surface area contributed by atoms with Crippen LogP contribution in [0.25, 0.3) is 0 Å². The molecular formula is C15H19N3O2S. The predicted molar refractivity (Wildman–Crippen MR) is 80.3 cm³/mol. The SMILES string of the molecule is CN(Cc1ncc[nH]1)S(=O)(=O)c1ccc2c(c1)CCCC2. The van der Waals surface area contributed by atoms with Crippen LogP contribution in [0.5, 0.6) is 0 Å². The number of aryl methyl sites for hydroxylation is 2. The number of nitrogens with one attached hydrogen (secondary N) is 1. The molecule has 1 aliphatic rings. The Hall–Kier alpha value is -1.66. The maximum atomic E-state index is 12.6. The summed E-state index contributed by atoms with van der Waals surface area (Å²) in [5, 5.41) is 0. The number of nitrogens with zero attached hydrogens (tertiary/aromatic N) is 2. The molecule has 112 valence electrons. The summed E-state index contributed by atoms with van der Waals surface area (Å²) in [7, 11) is -1.89. The molecule has 21 heavy (non-hydrogen) atoms. The topological polar surface area (TPSA) is 66.1 Å². The van der Waals surface area contributed by atoms with E-state index in [1.54, 1.807) is 25.5 Å². The molecule has 1 aliphatic carbocycles. The van der Waals surface area contributed by atoms with Crippen LogP contribution in [0.4, 0.5) is 0 Å². The van der Waals surface area contributed by atoms with E-state index in [2.05, 4.69) is 9.97 Å². The van der Waals surface area contributed by atoms with Crippen LogP contribution in [0.15, 0.2) is 35.5 Å². The quantitative estimate of drug-likeness (QED) is 0.941. The third-order valence-corrected chi connectivity index (χ3v) is 5.75. The summed E-state index contributed by atoms with van der Waals surface area (Å²) in [6.45, 7) is 0.242. The molecule has 1 aromatic heterocycles. The molecule has 1 aromatic carbocycles. The molecular weight excluding hydrogens is 286 g/mol. The average molecular weight is 305 g/mol. The van der Waals surface area contributed by atoms with Crippen molar-refractivity contribution in [1.29, 1.82) is 0 Å². The fraction of sp³-hybridized carbons (Fsp3) is 0.400. The summed E-state index contributed by atoms with van der Waals surface area (Å²) < 4.78 is 26.6. The van der Waals surface area contributed by atoms with Gasteiger partial charge in [-0.15, -0.1) is 0 Å². The summed E-state index contributed by atoms with van der Waals surface area (Å²) in [4.78, 5) is 7.37. The van der Waals surface area contributed by atoms with Crippen LogP contribution < -0.4 is 0 Å². The Kier molecular flexibility index (Phi) is 3.82. The number of aromatic amines is 1. The number of imidazole rings is 1. The number of aromatic nitrogens is 2. The highest BCUT2D eigenvalue weighted by molar-refractivity contribution is 7.89. The van der Waals surface area contributed by atoms with Gasteiger partial charge in [-0.3, -0.25) is 0 Å². The summed E-state index contributed by atoms with van der Waals surface area (Å²) in [6.07, 6.45) is 7.66. The fourth-order valence-corrected chi connectivity index (χ4v) is 3.91. The molecule has 0 bridgehead atoms. The molecule has 0 saturated heterocycles. The maximum Gasteiger partial charge on any atom is 0.243 e. The molecule has 0 spiro atoms. The van der Waals surface area contributed by atoms with Crippen molar-refractivity contribution in [1.82, 2.24) is 14.3 Å². The zero-order chi connectivity index (χ0) is 14.9. The van der Waals surface area contributed by atoms with Crippen molar-refractivity contribution in [2.45, 2.75) is 37.1 Å². The van der Waals surface area contributed by atoms with E-state index in [-0.39, 0.29) is 6.54 Å². The van der Waals surface area contributed by atoms with E-state index >= 15 is 0 Å². The van der Waals surface area contributed by atoms with Gasteiger partial charge < -0.3 is 4.98 Å². The van der Waals surface area contributed by atoms with Gasteiger partial charge in [0, 0.05) is 19.4 Å². The molecule has 1 heterocycles. The molecule has 0 amide bonds. The molecule has 0 fully saturated rings. The van der Waals surface area contributed by atoms with Crippen LogP contribution in [-0.2, 0) is 29.4 Å². The first-order valence-corrected chi connectivity index (χ1v) is 8.58. The number of hydrogen-bond donors (Lipinski definition) is 1. The minimum Gasteiger partial charge on any atom is -0.347 e. The van der Waals surface area contributed by atoms with E-state index in [1.807, 2.05) is 12.1 Å². The standard InChI is InChI=1S/C15H19N3O2S/c1-18(11-15-16-8-9-17-15)21(19,20)14-7-6-12-4-2-3-5-13(12)10-14/h6-10H,2-5,11H2,1H3,(H,16,17). The fourth-order valence-electron chi connectivity index (χ4n) is 2.73. The normalized spacial score (nSPS) is 15.1. The Bertz CT molecular complexity index is 723. The number of hydrogen-bond acceptors (Lipinski definition) is 3. The Balaban J connectivity index is 1.87. The molecule has 0 aliphatic heterocycles. The molecule has 1 N–H and O–H groups in total. The molecule has 3 rings (SSSR count). The summed E-state index contributed by atoms with van der Waals surface area (Å²) >= 11 is 0. The monoisotopic (exact) mass is 305 g/mol. The van der Waals surface area contributed by atoms with Crippen molar-refractivity contribution in [3.63, 3.8) is 0 Å². The lowest BCUT2D eigenvalue weighted by atomic mass is 9.92. The van der Waals surface area contributed by atoms with Gasteiger partial charge in [0.05, 0.1) is 11.4 Å². The van der Waals surface area contributed by atoms with Crippen molar-refractivity contribution in [3.05, 3.63) is 47.5 Å². The third kappa shape index (κ3) is 2.87. The first-order chi connectivity index (χ1) is 10.1. The molecule has 6 heteroatoms. The van der Waals surface area contributed by atoms with E-state index in [0.717, 1.165) is 19.3 Å². The largest absolute Gasteiger partial charge is 0.347 e. The highest BCUT2D eigenvalue weighted by Gasteiger charge is 2.23. The van der Waals surface area contributed by atoms with Gasteiger partial charge in [0.1, 0.15) is 5.82 Å². The van der Waals surface area contributed by atoms with Crippen LogP contribution in [-0.4, -0.2) is 29.7 Å². The number of sulfonamides is 1. The Labute approximate surface area is 125 Å². The minimum atomic E-state index is -3.48. The lowest BCUT2D eigenvalue weighted by Gasteiger charge is -2.19. The molecule has 0 unspecified atom stereocenters. The van der Waals surface area contributed by atoms with Gasteiger partial charge in [-0.1, -0.05) is 6.07 Å². The lowest BCUT2D eigenvalue weighted by Crippen LogP contribution is -2.27. The summed E-state index contributed by atoms with van der Waals surface area (Å²) in [5.41, 5.74) is 2.46. The second-order valence-corrected chi connectivity index (χ2v) is 7.48. The van der Waals surface area contributed by atoms with Crippen molar-refractivity contribution in [3.8, 4) is 0 Å². The van der Waals surface area contributed by atoms with Crippen LogP contribution in [0.1, 0.15) is 29.8 Å². The van der Waals surface area contributed by atoms with Gasteiger partial charge in [0.25, 0.3) is 0 Å². The zero-order valence-electron chi connectivity index (χ0n) is 12.0. The van der Waals surface area contributed by atoms with E-state index in [4.69, 9.17) is 0 Å². The van der Waals surface area contributed by atoms with Gasteiger partial charge in [-0.2, -0.15) is 4.31 Å². The molecule has 0 saturated carbocycles. The van der Waals surface area contributed by atoms with Crippen molar-refractivity contribution >= 4 is 10.0 Å². The third-order valence-electron chi connectivity index (χ3n) is 3.96. The van der Waals surface area contributed by atoms with Gasteiger partial charge >= 0.3 is 0 Å². The maximum absolute atomic E-state index is 12.6. The van der Waals surface area contributed by atoms with E-state index in [0.29, 0.717) is 10.7 Å². The predicted octanol–water partition coefficient (Wildman–Crippen LogP) is 2.11. The Morgan fingerprint density at radius 1 is 1.24 bits per heavy atom. The highest BCUT2D eigenvalue weighted by atomic mass is 32.2. The lowest BCUT2D eigenvalue weighted by molar-refractivity contribution is 0.458. The molecule has 5 nitrogen and oxygen atoms in total. The summed E-state index contributed by atoms with van der Waals surface area (Å²) in [6, 6.07) is 5.52. The van der Waals surface area contributed by atoms with E-state index < -0.39 is 10.0 Å². The van der Waals surface area contributed by atoms with Crippen LogP contribution in [0, 0.1) is 0 Å². The molecule has 0 radical (unpaired) electrons. The second-order valence-electron chi connectivity index (χ2n) is 5.43. The first kappa shape index (κ1) is 14.3. The van der Waals surface area contributed by atoms with Crippen LogP contribution in [0.3, 0.4) is 0 Å². The van der Waals surface area contributed by atoms with E-state index in [9.17, 15) is 8.42 Å². The zero-order valence-corrected chi connectivity index (χ0v) is 12.9. The molecule has 2 aromatic rings. The Morgan fingerprint density at radius 3 is 2.71 bits per heavy atom. The minimum absolute atomic E-state index is 0.242.